The molecular weight excluding hydrogens is 218 g/mol. The van der Waals surface area contributed by atoms with Gasteiger partial charge in [-0.2, -0.15) is 0 Å². The molecule has 1 aromatic rings. The normalized spacial score (nSPS) is 10.6. The Labute approximate surface area is 91.7 Å². The first-order valence-corrected chi connectivity index (χ1v) is 4.67. The van der Waals surface area contributed by atoms with Crippen LogP contribution in [-0.4, -0.2) is 24.1 Å². The molecule has 0 aliphatic heterocycles. The smallest absolute Gasteiger partial charge is 0.336 e. The predicted octanol–water partition coefficient (Wildman–Crippen LogP) is 2.65. The highest BCUT2D eigenvalue weighted by Crippen LogP contribution is 2.24. The lowest BCUT2D eigenvalue weighted by atomic mass is 10.0. The Bertz CT molecular complexity index is 402. The zero-order valence-corrected chi connectivity index (χ0v) is 8.96. The van der Waals surface area contributed by atoms with Crippen molar-refractivity contribution in [2.24, 2.45) is 0 Å². The van der Waals surface area contributed by atoms with Crippen LogP contribution in [0.4, 0.5) is 8.78 Å². The van der Waals surface area contributed by atoms with Crippen LogP contribution in [0.5, 0.6) is 5.75 Å². The maximum Gasteiger partial charge on any atom is 0.336 e. The number of ether oxygens (including phenoxy) is 1. The molecule has 0 saturated carbocycles. The summed E-state index contributed by atoms with van der Waals surface area (Å²) >= 11 is 0. The summed E-state index contributed by atoms with van der Waals surface area (Å²) in [6, 6.07) is 3.02. The number of carboxylic acid groups (broad SMARTS) is 1. The van der Waals surface area contributed by atoms with Crippen LogP contribution in [0.25, 0.3) is 0 Å². The Kier molecular flexibility index (Phi) is 3.82. The van der Waals surface area contributed by atoms with Crippen LogP contribution in [0.15, 0.2) is 12.1 Å². The van der Waals surface area contributed by atoms with Gasteiger partial charge in [-0.3, -0.25) is 0 Å². The van der Waals surface area contributed by atoms with E-state index in [1.807, 2.05) is 0 Å². The highest BCUT2D eigenvalue weighted by atomic mass is 19.3. The summed E-state index contributed by atoms with van der Waals surface area (Å²) in [5.41, 5.74) is 1.09. The van der Waals surface area contributed by atoms with Crippen LogP contribution in [0.1, 0.15) is 21.5 Å². The number of carbonyl (C=O) groups is 1. The molecule has 0 fully saturated rings. The van der Waals surface area contributed by atoms with E-state index in [0.29, 0.717) is 11.1 Å². The third-order valence-electron chi connectivity index (χ3n) is 2.10. The molecule has 0 radical (unpaired) electrons. The van der Waals surface area contributed by atoms with Gasteiger partial charge in [0.2, 0.25) is 0 Å². The van der Waals surface area contributed by atoms with Gasteiger partial charge >= 0.3 is 5.97 Å². The van der Waals surface area contributed by atoms with E-state index in [1.165, 1.54) is 13.0 Å². The average Bonchev–Trinajstić information content (AvgIpc) is 2.18. The van der Waals surface area contributed by atoms with Crippen molar-refractivity contribution in [1.82, 2.24) is 0 Å². The van der Waals surface area contributed by atoms with Gasteiger partial charge in [0.1, 0.15) is 12.4 Å². The van der Waals surface area contributed by atoms with Gasteiger partial charge in [0, 0.05) is 5.56 Å². The Morgan fingerprint density at radius 3 is 2.56 bits per heavy atom. The van der Waals surface area contributed by atoms with Gasteiger partial charge in [-0.15, -0.1) is 0 Å². The minimum Gasteiger partial charge on any atom is -0.487 e. The second-order valence-corrected chi connectivity index (χ2v) is 3.44. The molecule has 0 saturated heterocycles. The maximum absolute atomic E-state index is 12.0. The molecule has 0 unspecified atom stereocenters. The lowest BCUT2D eigenvalue weighted by Crippen LogP contribution is -2.10. The van der Waals surface area contributed by atoms with Gasteiger partial charge in [-0.25, -0.2) is 13.6 Å². The number of aryl methyl sites for hydroxylation is 1. The summed E-state index contributed by atoms with van der Waals surface area (Å²) in [5, 5.41) is 8.89. The van der Waals surface area contributed by atoms with Crippen LogP contribution in [0, 0.1) is 13.8 Å². The number of aromatic carboxylic acids is 1. The summed E-state index contributed by atoms with van der Waals surface area (Å²) in [5.74, 6) is -0.902. The topological polar surface area (TPSA) is 46.5 Å². The van der Waals surface area contributed by atoms with Gasteiger partial charge in [0.05, 0.1) is 5.56 Å². The van der Waals surface area contributed by atoms with E-state index in [1.54, 1.807) is 13.0 Å². The van der Waals surface area contributed by atoms with Crippen LogP contribution in [0.2, 0.25) is 0 Å². The summed E-state index contributed by atoms with van der Waals surface area (Å²) < 4.78 is 28.8. The largest absolute Gasteiger partial charge is 0.487 e. The average molecular weight is 230 g/mol. The van der Waals surface area contributed by atoms with Crippen molar-refractivity contribution >= 4 is 5.97 Å². The molecule has 1 N–H and O–H groups in total. The molecule has 5 heteroatoms. The van der Waals surface area contributed by atoms with E-state index in [2.05, 4.69) is 0 Å². The highest BCUT2D eigenvalue weighted by Gasteiger charge is 2.13. The first-order chi connectivity index (χ1) is 7.41. The van der Waals surface area contributed by atoms with E-state index in [0.717, 1.165) is 0 Å². The van der Waals surface area contributed by atoms with E-state index in [9.17, 15) is 13.6 Å². The van der Waals surface area contributed by atoms with E-state index in [4.69, 9.17) is 9.84 Å². The number of hydrogen-bond donors (Lipinski definition) is 1. The molecular formula is C11H12F2O3. The van der Waals surface area contributed by atoms with Crippen molar-refractivity contribution in [3.63, 3.8) is 0 Å². The lowest BCUT2D eigenvalue weighted by Gasteiger charge is -2.11. The first kappa shape index (κ1) is 12.4. The van der Waals surface area contributed by atoms with Gasteiger partial charge < -0.3 is 9.84 Å². The minimum absolute atomic E-state index is 0.0734. The Morgan fingerprint density at radius 2 is 2.06 bits per heavy atom. The third kappa shape index (κ3) is 2.92. The summed E-state index contributed by atoms with van der Waals surface area (Å²) in [6.45, 7) is 2.48. The van der Waals surface area contributed by atoms with Crippen molar-refractivity contribution in [3.05, 3.63) is 28.8 Å². The molecule has 0 atom stereocenters. The zero-order chi connectivity index (χ0) is 12.3. The number of benzene rings is 1. The molecule has 0 aliphatic carbocycles. The lowest BCUT2D eigenvalue weighted by molar-refractivity contribution is 0.0693. The fraction of sp³-hybridized carbons (Fsp3) is 0.364. The zero-order valence-electron chi connectivity index (χ0n) is 8.96. The van der Waals surface area contributed by atoms with Crippen molar-refractivity contribution in [2.75, 3.05) is 6.61 Å². The SMILES string of the molecule is Cc1cc(OCC(F)F)c(C)c(C(=O)O)c1. The van der Waals surface area contributed by atoms with Gasteiger partial charge in [0.15, 0.2) is 0 Å². The van der Waals surface area contributed by atoms with E-state index >= 15 is 0 Å². The molecule has 88 valence electrons. The van der Waals surface area contributed by atoms with Crippen LogP contribution < -0.4 is 4.74 Å². The van der Waals surface area contributed by atoms with Crippen LogP contribution in [0.3, 0.4) is 0 Å². The molecule has 16 heavy (non-hydrogen) atoms. The summed E-state index contributed by atoms with van der Waals surface area (Å²) in [6.07, 6.45) is -2.58. The predicted molar refractivity (Wildman–Crippen MR) is 54.4 cm³/mol. The monoisotopic (exact) mass is 230 g/mol. The first-order valence-electron chi connectivity index (χ1n) is 4.67. The highest BCUT2D eigenvalue weighted by molar-refractivity contribution is 5.90. The second kappa shape index (κ2) is 4.92. The minimum atomic E-state index is -2.58. The Morgan fingerprint density at radius 1 is 1.44 bits per heavy atom. The number of carboxylic acids is 1. The van der Waals surface area contributed by atoms with E-state index < -0.39 is 19.0 Å². The van der Waals surface area contributed by atoms with Crippen molar-refractivity contribution < 1.29 is 23.4 Å². The Balaban J connectivity index is 3.04. The van der Waals surface area contributed by atoms with E-state index in [-0.39, 0.29) is 11.3 Å². The maximum atomic E-state index is 12.0. The van der Waals surface area contributed by atoms with Gasteiger partial charge in [-0.05, 0) is 31.5 Å². The molecule has 0 spiro atoms. The fourth-order valence-corrected chi connectivity index (χ4v) is 1.35. The molecule has 1 aromatic carbocycles. The third-order valence-corrected chi connectivity index (χ3v) is 2.10. The van der Waals surface area contributed by atoms with Crippen molar-refractivity contribution in [3.8, 4) is 5.75 Å². The molecule has 0 aliphatic rings. The molecule has 0 aromatic heterocycles. The number of halogens is 2. The van der Waals surface area contributed by atoms with Gasteiger partial charge in [0.25, 0.3) is 6.43 Å². The standard InChI is InChI=1S/C11H12F2O3/c1-6-3-8(11(14)15)7(2)9(4-6)16-5-10(12)13/h3-4,10H,5H2,1-2H3,(H,14,15). The van der Waals surface area contributed by atoms with Crippen LogP contribution >= 0.6 is 0 Å². The fourth-order valence-electron chi connectivity index (χ4n) is 1.35. The summed E-state index contributed by atoms with van der Waals surface area (Å²) in [7, 11) is 0. The quantitative estimate of drug-likeness (QED) is 0.864. The molecule has 1 rings (SSSR count). The van der Waals surface area contributed by atoms with Gasteiger partial charge in [-0.1, -0.05) is 0 Å². The number of hydrogen-bond acceptors (Lipinski definition) is 2. The molecule has 0 amide bonds. The summed E-state index contributed by atoms with van der Waals surface area (Å²) in [4.78, 5) is 10.9. The van der Waals surface area contributed by atoms with Crippen molar-refractivity contribution in [2.45, 2.75) is 20.3 Å². The Hall–Kier alpha value is -1.65. The number of rotatable bonds is 4. The number of alkyl halides is 2. The second-order valence-electron chi connectivity index (χ2n) is 3.44. The molecule has 0 heterocycles. The van der Waals surface area contributed by atoms with Crippen LogP contribution in [-0.2, 0) is 0 Å². The van der Waals surface area contributed by atoms with Crippen molar-refractivity contribution in [1.29, 1.82) is 0 Å². The molecule has 0 bridgehead atoms. The molecule has 3 nitrogen and oxygen atoms in total.